The van der Waals surface area contributed by atoms with E-state index in [1.54, 1.807) is 18.2 Å². The van der Waals surface area contributed by atoms with Crippen molar-refractivity contribution in [3.63, 3.8) is 0 Å². The van der Waals surface area contributed by atoms with Crippen LogP contribution in [-0.2, 0) is 0 Å². The predicted octanol–water partition coefficient (Wildman–Crippen LogP) is 2.20. The number of hydrogen-bond donors (Lipinski definition) is 3. The molecule has 2 saturated carbocycles. The number of carbonyl (C=O) groups is 2. The highest BCUT2D eigenvalue weighted by atomic mass is 35.5. The van der Waals surface area contributed by atoms with Crippen molar-refractivity contribution >= 4 is 30.0 Å². The molecule has 6 nitrogen and oxygen atoms in total. The number of anilines is 1. The van der Waals surface area contributed by atoms with Crippen molar-refractivity contribution in [1.82, 2.24) is 10.2 Å². The molecule has 3 fully saturated rings. The number of likely N-dealkylation sites (tertiary alicyclic amines) is 1. The lowest BCUT2D eigenvalue weighted by Gasteiger charge is -2.19. The highest BCUT2D eigenvalue weighted by Gasteiger charge is 2.42. The second kappa shape index (κ2) is 7.22. The zero-order valence-corrected chi connectivity index (χ0v) is 14.9. The second-order valence-electron chi connectivity index (χ2n) is 7.33. The summed E-state index contributed by atoms with van der Waals surface area (Å²) in [4.78, 5) is 26.5. The zero-order valence-electron chi connectivity index (χ0n) is 14.1. The fraction of sp³-hybridized carbons (Fsp3) is 0.556. The van der Waals surface area contributed by atoms with Gasteiger partial charge in [0.1, 0.15) is 0 Å². The Bertz CT molecular complexity index is 664. The van der Waals surface area contributed by atoms with E-state index in [1.807, 2.05) is 11.0 Å². The average Bonchev–Trinajstić information content (AvgIpc) is 3.16. The molecule has 1 aromatic rings. The van der Waals surface area contributed by atoms with Crippen LogP contribution in [-0.4, -0.2) is 42.0 Å². The molecular weight excluding hydrogens is 340 g/mol. The molecule has 0 bridgehead atoms. The topological polar surface area (TPSA) is 87.5 Å². The molecular formula is C18H25ClN4O2. The first-order chi connectivity index (χ1) is 11.6. The first-order valence-electron chi connectivity index (χ1n) is 8.82. The van der Waals surface area contributed by atoms with Crippen molar-refractivity contribution in [1.29, 1.82) is 0 Å². The van der Waals surface area contributed by atoms with Crippen molar-refractivity contribution in [2.45, 2.75) is 37.8 Å². The highest BCUT2D eigenvalue weighted by Crippen LogP contribution is 2.37. The number of carbonyl (C=O) groups excluding carboxylic acids is 2. The van der Waals surface area contributed by atoms with Crippen LogP contribution in [0.3, 0.4) is 0 Å². The summed E-state index contributed by atoms with van der Waals surface area (Å²) in [6.45, 7) is 1.56. The Morgan fingerprint density at radius 2 is 1.92 bits per heavy atom. The van der Waals surface area contributed by atoms with Crippen LogP contribution in [0.25, 0.3) is 0 Å². The molecule has 0 spiro atoms. The van der Waals surface area contributed by atoms with Gasteiger partial charge in [0, 0.05) is 36.4 Å². The van der Waals surface area contributed by atoms with Crippen LogP contribution in [0.5, 0.6) is 0 Å². The highest BCUT2D eigenvalue weighted by molar-refractivity contribution is 5.97. The number of nitrogens with two attached hydrogens (primary N) is 1. The Hall–Kier alpha value is -1.79. The molecule has 0 radical (unpaired) electrons. The van der Waals surface area contributed by atoms with Gasteiger partial charge in [-0.1, -0.05) is 6.07 Å². The van der Waals surface area contributed by atoms with Crippen molar-refractivity contribution in [2.75, 3.05) is 18.4 Å². The van der Waals surface area contributed by atoms with Gasteiger partial charge in [0.15, 0.2) is 0 Å². The molecule has 1 aliphatic heterocycles. The van der Waals surface area contributed by atoms with E-state index >= 15 is 0 Å². The maximum absolute atomic E-state index is 12.8. The number of rotatable bonds is 3. The van der Waals surface area contributed by atoms with Crippen molar-refractivity contribution in [3.8, 4) is 0 Å². The first-order valence-corrected chi connectivity index (χ1v) is 8.82. The van der Waals surface area contributed by atoms with Crippen LogP contribution < -0.4 is 16.4 Å². The molecule has 1 aromatic carbocycles. The minimum Gasteiger partial charge on any atom is -0.338 e. The van der Waals surface area contributed by atoms with E-state index in [0.717, 1.165) is 38.8 Å². The monoisotopic (exact) mass is 364 g/mol. The largest absolute Gasteiger partial charge is 0.338 e. The molecule has 3 aliphatic rings. The number of halogens is 1. The molecule has 4 rings (SSSR count). The fourth-order valence-corrected chi connectivity index (χ4v) is 3.97. The van der Waals surface area contributed by atoms with Gasteiger partial charge in [0.05, 0.1) is 0 Å². The van der Waals surface area contributed by atoms with Crippen LogP contribution in [0, 0.1) is 11.8 Å². The smallest absolute Gasteiger partial charge is 0.319 e. The van der Waals surface area contributed by atoms with E-state index in [1.165, 1.54) is 0 Å². The zero-order chi connectivity index (χ0) is 16.7. The Balaban J connectivity index is 0.00000182. The van der Waals surface area contributed by atoms with E-state index < -0.39 is 0 Å². The molecule has 25 heavy (non-hydrogen) atoms. The Kier molecular flexibility index (Phi) is 5.20. The quantitative estimate of drug-likeness (QED) is 0.768. The Morgan fingerprint density at radius 3 is 2.64 bits per heavy atom. The lowest BCUT2D eigenvalue weighted by molar-refractivity contribution is 0.0779. The number of amides is 3. The standard InChI is InChI=1S/C18H24N4O2.ClH/c19-16-7-4-12-9-22(10-15(12)16)17(23)11-2-1-3-14(8-11)21-18(24)20-13-5-6-13;/h1-3,8,12-13,15-16H,4-7,9-10,19H2,(H2,20,21,24);1H. The maximum atomic E-state index is 12.8. The van der Waals surface area contributed by atoms with Gasteiger partial charge in [-0.2, -0.15) is 0 Å². The van der Waals surface area contributed by atoms with Crippen molar-refractivity contribution in [2.24, 2.45) is 17.6 Å². The van der Waals surface area contributed by atoms with Gasteiger partial charge in [-0.25, -0.2) is 4.79 Å². The summed E-state index contributed by atoms with van der Waals surface area (Å²) < 4.78 is 0. The molecule has 3 atom stereocenters. The fourth-order valence-electron chi connectivity index (χ4n) is 3.97. The predicted molar refractivity (Wildman–Crippen MR) is 99.0 cm³/mol. The van der Waals surface area contributed by atoms with E-state index in [4.69, 9.17) is 5.73 Å². The number of nitrogens with zero attached hydrogens (tertiary/aromatic N) is 1. The van der Waals surface area contributed by atoms with Gasteiger partial charge in [-0.3, -0.25) is 4.79 Å². The normalized spacial score (nSPS) is 27.4. The number of fused-ring (bicyclic) bond motifs is 1. The molecule has 1 heterocycles. The van der Waals surface area contributed by atoms with Gasteiger partial charge < -0.3 is 21.3 Å². The van der Waals surface area contributed by atoms with Crippen LogP contribution in [0.15, 0.2) is 24.3 Å². The average molecular weight is 365 g/mol. The first kappa shape index (κ1) is 18.0. The van der Waals surface area contributed by atoms with Gasteiger partial charge in [-0.05, 0) is 55.7 Å². The lowest BCUT2D eigenvalue weighted by atomic mass is 9.98. The third-order valence-corrected chi connectivity index (χ3v) is 5.48. The molecule has 3 amide bonds. The Labute approximate surface area is 153 Å². The number of benzene rings is 1. The molecule has 3 unspecified atom stereocenters. The number of nitrogens with one attached hydrogen (secondary N) is 2. The maximum Gasteiger partial charge on any atom is 0.319 e. The summed E-state index contributed by atoms with van der Waals surface area (Å²) >= 11 is 0. The van der Waals surface area contributed by atoms with Crippen molar-refractivity contribution in [3.05, 3.63) is 29.8 Å². The third-order valence-electron chi connectivity index (χ3n) is 5.48. The summed E-state index contributed by atoms with van der Waals surface area (Å²) in [6, 6.07) is 7.50. The number of hydrogen-bond acceptors (Lipinski definition) is 3. The van der Waals surface area contributed by atoms with Crippen molar-refractivity contribution < 1.29 is 9.59 Å². The van der Waals surface area contributed by atoms with Crippen LogP contribution in [0.2, 0.25) is 0 Å². The lowest BCUT2D eigenvalue weighted by Crippen LogP contribution is -2.33. The second-order valence-corrected chi connectivity index (χ2v) is 7.33. The van der Waals surface area contributed by atoms with E-state index in [9.17, 15) is 9.59 Å². The van der Waals surface area contributed by atoms with Crippen LogP contribution in [0.1, 0.15) is 36.0 Å². The summed E-state index contributed by atoms with van der Waals surface area (Å²) in [5, 5.41) is 5.68. The molecule has 1 saturated heterocycles. The summed E-state index contributed by atoms with van der Waals surface area (Å²) in [5.41, 5.74) is 7.42. The third kappa shape index (κ3) is 3.90. The molecule has 2 aliphatic carbocycles. The molecule has 7 heteroatoms. The minimum atomic E-state index is -0.205. The number of urea groups is 1. The molecule has 136 valence electrons. The Morgan fingerprint density at radius 1 is 1.12 bits per heavy atom. The summed E-state index contributed by atoms with van der Waals surface area (Å²) in [6.07, 6.45) is 4.29. The summed E-state index contributed by atoms with van der Waals surface area (Å²) in [7, 11) is 0. The minimum absolute atomic E-state index is 0. The SMILES string of the molecule is Cl.NC1CCC2CN(C(=O)c3cccc(NC(=O)NC4CC4)c3)CC12. The van der Waals surface area contributed by atoms with Crippen LogP contribution >= 0.6 is 12.4 Å². The van der Waals surface area contributed by atoms with E-state index in [-0.39, 0.29) is 30.4 Å². The molecule has 4 N–H and O–H groups in total. The van der Waals surface area contributed by atoms with Gasteiger partial charge in [0.25, 0.3) is 5.91 Å². The van der Waals surface area contributed by atoms with Gasteiger partial charge in [0.2, 0.25) is 0 Å². The summed E-state index contributed by atoms with van der Waals surface area (Å²) in [5.74, 6) is 1.03. The van der Waals surface area contributed by atoms with Gasteiger partial charge >= 0.3 is 6.03 Å². The van der Waals surface area contributed by atoms with E-state index in [2.05, 4.69) is 10.6 Å². The van der Waals surface area contributed by atoms with E-state index in [0.29, 0.717) is 29.1 Å². The van der Waals surface area contributed by atoms with Crippen LogP contribution in [0.4, 0.5) is 10.5 Å². The van der Waals surface area contributed by atoms with Gasteiger partial charge in [-0.15, -0.1) is 12.4 Å². The molecule has 0 aromatic heterocycles.